The zero-order valence-electron chi connectivity index (χ0n) is 5.02. The molecule has 0 amide bonds. The summed E-state index contributed by atoms with van der Waals surface area (Å²) in [7, 11) is -2.45. The predicted octanol–water partition coefficient (Wildman–Crippen LogP) is -1.36. The molecule has 5 N–H and O–H groups in total. The Morgan fingerprint density at radius 3 is 2.40 bits per heavy atom. The highest BCUT2D eigenvalue weighted by molar-refractivity contribution is 7.38. The lowest BCUT2D eigenvalue weighted by molar-refractivity contribution is -0.138. The lowest BCUT2D eigenvalue weighted by atomic mass is 10.4. The number of hydrazine groups is 1. The van der Waals surface area contributed by atoms with Crippen molar-refractivity contribution in [3.8, 4) is 0 Å². The molecular weight excluding hydrogens is 159 g/mol. The zero-order chi connectivity index (χ0) is 8.15. The van der Waals surface area contributed by atoms with Gasteiger partial charge in [0.15, 0.2) is 6.04 Å². The molecule has 0 aliphatic rings. The molecule has 2 atom stereocenters. The molecule has 0 heterocycles. The van der Waals surface area contributed by atoms with Gasteiger partial charge in [-0.25, -0.2) is 5.43 Å². The van der Waals surface area contributed by atoms with Crippen LogP contribution in [0.5, 0.6) is 0 Å². The second-order valence-corrected chi connectivity index (χ2v) is 2.66. The van der Waals surface area contributed by atoms with E-state index >= 15 is 0 Å². The van der Waals surface area contributed by atoms with Gasteiger partial charge >= 0.3 is 14.0 Å². The van der Waals surface area contributed by atoms with Crippen LogP contribution < -0.4 is 11.3 Å². The highest BCUT2D eigenvalue weighted by Crippen LogP contribution is 2.13. The molecule has 10 heavy (non-hydrogen) atoms. The van der Waals surface area contributed by atoms with Crippen LogP contribution in [0.1, 0.15) is 0 Å². The summed E-state index contributed by atoms with van der Waals surface area (Å²) in [5.41, 5.74) is 1.89. The van der Waals surface area contributed by atoms with E-state index in [0.29, 0.717) is 0 Å². The first-order chi connectivity index (χ1) is 4.57. The molecule has 2 unspecified atom stereocenters. The fraction of sp³-hybridized carbons (Fsp3) is 0.667. The molecule has 0 spiro atoms. The van der Waals surface area contributed by atoms with E-state index in [2.05, 4.69) is 0 Å². The molecule has 0 aliphatic carbocycles. The summed E-state index contributed by atoms with van der Waals surface area (Å²) in [5.74, 6) is 3.52. The number of nitrogens with one attached hydrogen (secondary N) is 1. The Morgan fingerprint density at radius 2 is 2.30 bits per heavy atom. The van der Waals surface area contributed by atoms with Crippen molar-refractivity contribution in [2.24, 2.45) is 5.84 Å². The van der Waals surface area contributed by atoms with Crippen LogP contribution in [0.3, 0.4) is 0 Å². The number of rotatable bonds is 4. The highest BCUT2D eigenvalue weighted by Gasteiger charge is 2.26. The maximum atomic E-state index is 10.1. The van der Waals surface area contributed by atoms with Gasteiger partial charge in [-0.15, -0.1) is 0 Å². The van der Waals surface area contributed by atoms with E-state index < -0.39 is 20.0 Å². The number of hydrogen-bond acceptors (Lipinski definition) is 4. The van der Waals surface area contributed by atoms with Gasteiger partial charge in [0.2, 0.25) is 6.16 Å². The fourth-order valence-electron chi connectivity index (χ4n) is 0.358. The third-order valence-corrected chi connectivity index (χ3v) is 1.52. The van der Waals surface area contributed by atoms with Crippen molar-refractivity contribution in [1.29, 1.82) is 0 Å². The van der Waals surface area contributed by atoms with Crippen molar-refractivity contribution in [3.63, 3.8) is 0 Å². The second-order valence-electron chi connectivity index (χ2n) is 1.59. The molecule has 0 radical (unpaired) electrons. The van der Waals surface area contributed by atoms with E-state index in [-0.39, 0.29) is 6.16 Å². The Morgan fingerprint density at radius 1 is 1.80 bits per heavy atom. The molecule has 0 saturated carbocycles. The summed E-state index contributed by atoms with van der Waals surface area (Å²) < 4.78 is 10.1. The molecule has 6 nitrogen and oxygen atoms in total. The SMILES string of the molecule is NNC(C[P+](=O)O)C(=O)O. The summed E-state index contributed by atoms with van der Waals surface area (Å²) in [4.78, 5) is 18.3. The molecule has 0 bridgehead atoms. The topological polar surface area (TPSA) is 113 Å². The molecule has 0 aromatic heterocycles. The minimum atomic E-state index is -2.45. The van der Waals surface area contributed by atoms with Crippen LogP contribution in [-0.2, 0) is 9.36 Å². The van der Waals surface area contributed by atoms with Crippen molar-refractivity contribution in [2.75, 3.05) is 6.16 Å². The summed E-state index contributed by atoms with van der Waals surface area (Å²) >= 11 is 0. The third kappa shape index (κ3) is 3.47. The van der Waals surface area contributed by atoms with E-state index in [4.69, 9.17) is 15.8 Å². The number of carbonyl (C=O) groups is 1. The van der Waals surface area contributed by atoms with E-state index in [1.54, 1.807) is 0 Å². The van der Waals surface area contributed by atoms with Gasteiger partial charge in [-0.2, -0.15) is 4.89 Å². The van der Waals surface area contributed by atoms with Crippen molar-refractivity contribution >= 4 is 14.0 Å². The highest BCUT2D eigenvalue weighted by atomic mass is 31.1. The maximum Gasteiger partial charge on any atom is 0.507 e. The first-order valence-corrected chi connectivity index (χ1v) is 3.80. The van der Waals surface area contributed by atoms with Crippen LogP contribution in [0.2, 0.25) is 0 Å². The lowest BCUT2D eigenvalue weighted by Crippen LogP contribution is -2.43. The first-order valence-electron chi connectivity index (χ1n) is 2.40. The number of aliphatic carboxylic acids is 1. The van der Waals surface area contributed by atoms with E-state index in [1.165, 1.54) is 0 Å². The monoisotopic (exact) mass is 167 g/mol. The minimum Gasteiger partial charge on any atom is -0.480 e. The molecule has 0 saturated heterocycles. The Labute approximate surface area is 57.9 Å². The smallest absolute Gasteiger partial charge is 0.480 e. The van der Waals surface area contributed by atoms with Gasteiger partial charge in [-0.1, -0.05) is 0 Å². The third-order valence-electron chi connectivity index (χ3n) is 0.838. The normalized spacial score (nSPS) is 14.4. The van der Waals surface area contributed by atoms with Crippen molar-refractivity contribution in [1.82, 2.24) is 5.43 Å². The Balaban J connectivity index is 3.83. The van der Waals surface area contributed by atoms with Crippen molar-refractivity contribution < 1.29 is 19.4 Å². The molecule has 0 aliphatic heterocycles. The number of hydrogen-bond donors (Lipinski definition) is 4. The summed E-state index contributed by atoms with van der Waals surface area (Å²) in [5, 5.41) is 8.24. The van der Waals surface area contributed by atoms with Crippen molar-refractivity contribution in [3.05, 3.63) is 0 Å². The van der Waals surface area contributed by atoms with Gasteiger partial charge in [-0.05, 0) is 4.57 Å². The number of carboxylic acids is 1. The predicted molar refractivity (Wildman–Crippen MR) is 33.4 cm³/mol. The largest absolute Gasteiger partial charge is 0.507 e. The van der Waals surface area contributed by atoms with Gasteiger partial charge in [-0.3, -0.25) is 10.6 Å². The molecule has 0 aromatic rings. The quantitative estimate of drug-likeness (QED) is 0.233. The van der Waals surface area contributed by atoms with Crippen LogP contribution in [0.25, 0.3) is 0 Å². The van der Waals surface area contributed by atoms with Crippen LogP contribution in [0.15, 0.2) is 0 Å². The van der Waals surface area contributed by atoms with Crippen LogP contribution in [0.4, 0.5) is 0 Å². The molecule has 7 heteroatoms. The summed E-state index contributed by atoms with van der Waals surface area (Å²) in [6.45, 7) is 0. The number of nitrogens with two attached hydrogens (primary N) is 1. The lowest BCUT2D eigenvalue weighted by Gasteiger charge is -2.01. The Kier molecular flexibility index (Phi) is 4.06. The summed E-state index contributed by atoms with van der Waals surface area (Å²) in [6, 6.07) is -1.14. The van der Waals surface area contributed by atoms with Gasteiger partial charge in [0.25, 0.3) is 0 Å². The van der Waals surface area contributed by atoms with Gasteiger partial charge in [0.1, 0.15) is 0 Å². The standard InChI is InChI=1S/C3H7N2O4P/c4-5-2(3(6)7)1-10(8)9/h2,5H,1,4H2,(H-,6,7,8,9)/p+1. The molecule has 0 fully saturated rings. The van der Waals surface area contributed by atoms with Gasteiger partial charge < -0.3 is 5.11 Å². The maximum absolute atomic E-state index is 10.1. The van der Waals surface area contributed by atoms with Crippen LogP contribution in [0, 0.1) is 0 Å². The molecule has 58 valence electrons. The van der Waals surface area contributed by atoms with Gasteiger partial charge in [0.05, 0.1) is 0 Å². The second kappa shape index (κ2) is 4.29. The number of carboxylic acid groups (broad SMARTS) is 1. The molecule has 0 aromatic carbocycles. The first kappa shape index (κ1) is 9.45. The average molecular weight is 167 g/mol. The molecular formula is C3H8N2O4P+. The fourth-order valence-corrected chi connectivity index (χ4v) is 0.932. The van der Waals surface area contributed by atoms with Crippen LogP contribution >= 0.6 is 8.03 Å². The van der Waals surface area contributed by atoms with E-state index in [0.717, 1.165) is 0 Å². The van der Waals surface area contributed by atoms with E-state index in [1.807, 2.05) is 5.43 Å². The summed E-state index contributed by atoms with van der Waals surface area (Å²) in [6.07, 6.45) is -0.374. The Bertz CT molecular complexity index is 149. The van der Waals surface area contributed by atoms with Crippen LogP contribution in [-0.4, -0.2) is 28.2 Å². The zero-order valence-corrected chi connectivity index (χ0v) is 5.91. The van der Waals surface area contributed by atoms with Crippen molar-refractivity contribution in [2.45, 2.75) is 6.04 Å². The average Bonchev–Trinajstić information content (AvgIpc) is 1.81. The minimum absolute atomic E-state index is 0.374. The Hall–Kier alpha value is -0.550. The van der Waals surface area contributed by atoms with Gasteiger partial charge in [0, 0.05) is 0 Å². The molecule has 0 rings (SSSR count). The van der Waals surface area contributed by atoms with E-state index in [9.17, 15) is 9.36 Å².